The van der Waals surface area contributed by atoms with Crippen LogP contribution in [0.15, 0.2) is 29.3 Å². The Hall–Kier alpha value is -1.15. The van der Waals surface area contributed by atoms with Crippen LogP contribution in [0, 0.1) is 6.92 Å². The third-order valence-electron chi connectivity index (χ3n) is 2.62. The summed E-state index contributed by atoms with van der Waals surface area (Å²) < 4.78 is 27.1. The van der Waals surface area contributed by atoms with Crippen LogP contribution in [-0.2, 0) is 10.0 Å². The Labute approximate surface area is 126 Å². The van der Waals surface area contributed by atoms with Crippen LogP contribution in [0.3, 0.4) is 0 Å². The van der Waals surface area contributed by atoms with E-state index in [0.717, 1.165) is 4.88 Å². The minimum atomic E-state index is -3.66. The number of benzene rings is 1. The van der Waals surface area contributed by atoms with E-state index in [1.165, 1.54) is 29.5 Å². The highest BCUT2D eigenvalue weighted by Gasteiger charge is 2.20. The van der Waals surface area contributed by atoms with Crippen LogP contribution in [0.5, 0.6) is 0 Å². The number of aromatic nitrogens is 1. The van der Waals surface area contributed by atoms with Crippen molar-refractivity contribution in [2.45, 2.75) is 24.8 Å². The summed E-state index contributed by atoms with van der Waals surface area (Å²) in [5.74, 6) is 0. The maximum absolute atomic E-state index is 12.3. The van der Waals surface area contributed by atoms with Gasteiger partial charge in [0.2, 0.25) is 10.0 Å². The summed E-state index contributed by atoms with van der Waals surface area (Å²) in [4.78, 5) is 5.28. The highest BCUT2D eigenvalue weighted by molar-refractivity contribution is 7.89. The largest absolute Gasteiger partial charge is 0.397 e. The molecule has 8 heteroatoms. The number of sulfonamides is 1. The quantitative estimate of drug-likeness (QED) is 0.843. The predicted molar refractivity (Wildman–Crippen MR) is 81.5 cm³/mol. The van der Waals surface area contributed by atoms with Crippen molar-refractivity contribution < 1.29 is 8.42 Å². The van der Waals surface area contributed by atoms with E-state index < -0.39 is 16.1 Å². The van der Waals surface area contributed by atoms with Gasteiger partial charge in [-0.2, -0.15) is 0 Å². The molecule has 0 aliphatic carbocycles. The van der Waals surface area contributed by atoms with Crippen LogP contribution >= 0.6 is 22.9 Å². The highest BCUT2D eigenvalue weighted by atomic mass is 35.5. The molecule has 0 radical (unpaired) electrons. The Morgan fingerprint density at radius 2 is 2.15 bits per heavy atom. The average molecular weight is 332 g/mol. The van der Waals surface area contributed by atoms with Gasteiger partial charge in [0, 0.05) is 11.1 Å². The van der Waals surface area contributed by atoms with Crippen molar-refractivity contribution in [3.63, 3.8) is 0 Å². The minimum absolute atomic E-state index is 0.0829. The Balaban J connectivity index is 2.24. The molecule has 2 aromatic rings. The van der Waals surface area contributed by atoms with Crippen molar-refractivity contribution in [1.82, 2.24) is 9.71 Å². The van der Waals surface area contributed by atoms with Gasteiger partial charge in [-0.1, -0.05) is 11.6 Å². The molecule has 0 saturated heterocycles. The van der Waals surface area contributed by atoms with Crippen molar-refractivity contribution in [3.05, 3.63) is 39.3 Å². The number of hydrogen-bond acceptors (Lipinski definition) is 5. The topological polar surface area (TPSA) is 85.1 Å². The average Bonchev–Trinajstić information content (AvgIpc) is 2.79. The molecule has 20 heavy (non-hydrogen) atoms. The van der Waals surface area contributed by atoms with E-state index in [0.29, 0.717) is 10.0 Å². The summed E-state index contributed by atoms with van der Waals surface area (Å²) in [6, 6.07) is 3.81. The molecule has 0 bridgehead atoms. The number of halogens is 1. The number of thiazole rings is 1. The van der Waals surface area contributed by atoms with Crippen LogP contribution in [0.4, 0.5) is 5.69 Å². The molecular weight excluding hydrogens is 318 g/mol. The summed E-state index contributed by atoms with van der Waals surface area (Å²) in [5.41, 5.74) is 5.86. The third-order valence-corrected chi connectivity index (χ3v) is 5.60. The van der Waals surface area contributed by atoms with Crippen LogP contribution in [0.2, 0.25) is 5.02 Å². The second kappa shape index (κ2) is 5.69. The Kier molecular flexibility index (Phi) is 4.33. The normalized spacial score (nSPS) is 13.3. The molecule has 0 spiro atoms. The van der Waals surface area contributed by atoms with Gasteiger partial charge in [0.1, 0.15) is 5.01 Å². The molecule has 1 unspecified atom stereocenters. The first-order valence-corrected chi connectivity index (χ1v) is 8.47. The van der Waals surface area contributed by atoms with Crippen LogP contribution in [0.1, 0.15) is 22.9 Å². The fourth-order valence-electron chi connectivity index (χ4n) is 1.61. The number of aryl methyl sites for hydroxylation is 1. The second-order valence-corrected chi connectivity index (χ2v) is 7.72. The van der Waals surface area contributed by atoms with Gasteiger partial charge >= 0.3 is 0 Å². The molecule has 0 saturated carbocycles. The molecule has 1 heterocycles. The predicted octanol–water partition coefficient (Wildman–Crippen LogP) is 2.73. The maximum Gasteiger partial charge on any atom is 0.241 e. The van der Waals surface area contributed by atoms with E-state index in [9.17, 15) is 8.42 Å². The van der Waals surface area contributed by atoms with Gasteiger partial charge in [-0.3, -0.25) is 0 Å². The summed E-state index contributed by atoms with van der Waals surface area (Å²) >= 11 is 7.24. The van der Waals surface area contributed by atoms with Gasteiger partial charge in [-0.05, 0) is 32.0 Å². The van der Waals surface area contributed by atoms with E-state index in [2.05, 4.69) is 9.71 Å². The van der Waals surface area contributed by atoms with Gasteiger partial charge in [0.25, 0.3) is 0 Å². The number of nitrogens with zero attached hydrogens (tertiary/aromatic N) is 1. The summed E-state index contributed by atoms with van der Waals surface area (Å²) in [6.45, 7) is 3.66. The van der Waals surface area contributed by atoms with Crippen molar-refractivity contribution in [2.75, 3.05) is 5.73 Å². The van der Waals surface area contributed by atoms with Crippen molar-refractivity contribution in [3.8, 4) is 0 Å². The molecule has 1 aromatic carbocycles. The summed E-state index contributed by atoms with van der Waals surface area (Å²) in [5, 5.41) is 1.04. The Morgan fingerprint density at radius 3 is 2.70 bits per heavy atom. The molecular formula is C12H14ClN3O2S2. The smallest absolute Gasteiger partial charge is 0.241 e. The van der Waals surface area contributed by atoms with E-state index in [1.807, 2.05) is 6.92 Å². The molecule has 0 aliphatic heterocycles. The number of anilines is 1. The lowest BCUT2D eigenvalue weighted by atomic mass is 10.3. The van der Waals surface area contributed by atoms with Crippen LogP contribution in [0.25, 0.3) is 0 Å². The van der Waals surface area contributed by atoms with Gasteiger partial charge in [0.05, 0.1) is 21.6 Å². The first-order valence-electron chi connectivity index (χ1n) is 5.79. The molecule has 0 amide bonds. The minimum Gasteiger partial charge on any atom is -0.397 e. The summed E-state index contributed by atoms with van der Waals surface area (Å²) in [6.07, 6.45) is 1.71. The third kappa shape index (κ3) is 3.29. The number of nitrogens with one attached hydrogen (secondary N) is 1. The number of hydrogen-bond donors (Lipinski definition) is 2. The second-order valence-electron chi connectivity index (χ2n) is 4.34. The van der Waals surface area contributed by atoms with Crippen LogP contribution < -0.4 is 10.5 Å². The molecule has 2 rings (SSSR count). The van der Waals surface area contributed by atoms with E-state index in [1.54, 1.807) is 13.1 Å². The van der Waals surface area contributed by atoms with E-state index in [4.69, 9.17) is 17.3 Å². The maximum atomic E-state index is 12.3. The van der Waals surface area contributed by atoms with Gasteiger partial charge in [0.15, 0.2) is 0 Å². The monoisotopic (exact) mass is 331 g/mol. The SMILES string of the molecule is Cc1cnc(C(C)NS(=O)(=O)c2ccc(Cl)c(N)c2)s1. The molecule has 1 atom stereocenters. The molecule has 3 N–H and O–H groups in total. The molecule has 0 fully saturated rings. The Morgan fingerprint density at radius 1 is 1.45 bits per heavy atom. The molecule has 5 nitrogen and oxygen atoms in total. The van der Waals surface area contributed by atoms with Crippen LogP contribution in [-0.4, -0.2) is 13.4 Å². The zero-order valence-corrected chi connectivity index (χ0v) is 13.3. The van der Waals surface area contributed by atoms with Gasteiger partial charge < -0.3 is 5.73 Å². The van der Waals surface area contributed by atoms with E-state index >= 15 is 0 Å². The Bertz CT molecular complexity index is 728. The number of rotatable bonds is 4. The summed E-state index contributed by atoms with van der Waals surface area (Å²) in [7, 11) is -3.66. The standard InChI is InChI=1S/C12H14ClN3O2S2/c1-7-6-15-12(19-7)8(2)16-20(17,18)9-3-4-10(13)11(14)5-9/h3-6,8,16H,14H2,1-2H3. The lowest BCUT2D eigenvalue weighted by Gasteiger charge is -2.12. The van der Waals surface area contributed by atoms with E-state index in [-0.39, 0.29) is 10.6 Å². The molecule has 1 aromatic heterocycles. The fourth-order valence-corrected chi connectivity index (χ4v) is 3.82. The molecule has 0 aliphatic rings. The lowest BCUT2D eigenvalue weighted by molar-refractivity contribution is 0.566. The zero-order valence-electron chi connectivity index (χ0n) is 10.9. The van der Waals surface area contributed by atoms with Gasteiger partial charge in [-0.25, -0.2) is 18.1 Å². The number of nitrogen functional groups attached to an aromatic ring is 1. The first kappa shape index (κ1) is 15.2. The van der Waals surface area contributed by atoms with Crippen molar-refractivity contribution in [1.29, 1.82) is 0 Å². The first-order chi connectivity index (χ1) is 9.29. The lowest BCUT2D eigenvalue weighted by Crippen LogP contribution is -2.26. The zero-order chi connectivity index (χ0) is 14.9. The van der Waals surface area contributed by atoms with Gasteiger partial charge in [-0.15, -0.1) is 11.3 Å². The molecule has 108 valence electrons. The highest BCUT2D eigenvalue weighted by Crippen LogP contribution is 2.24. The fraction of sp³-hybridized carbons (Fsp3) is 0.250. The number of nitrogens with two attached hydrogens (primary N) is 1. The van der Waals surface area contributed by atoms with Crippen molar-refractivity contribution >= 4 is 38.6 Å². The van der Waals surface area contributed by atoms with Crippen molar-refractivity contribution in [2.24, 2.45) is 0 Å².